The second kappa shape index (κ2) is 7.37. The standard InChI is InChI=1S/C18H14F4N4O2/c1-3-28-17(27)12-9-24-26(15(12)18(20,21)22)14-6-4-5-13(25-14)11-7-10(2)8-23-16(11)19/h4-9H,3H2,1-2H3. The number of carbonyl (C=O) groups is 1. The van der Waals surface area contributed by atoms with E-state index >= 15 is 0 Å². The van der Waals surface area contributed by atoms with Crippen LogP contribution < -0.4 is 0 Å². The van der Waals surface area contributed by atoms with E-state index in [9.17, 15) is 22.4 Å². The molecule has 0 radical (unpaired) electrons. The highest BCUT2D eigenvalue weighted by Gasteiger charge is 2.41. The number of hydrogen-bond donors (Lipinski definition) is 0. The van der Waals surface area contributed by atoms with Crippen LogP contribution in [0.15, 0.2) is 36.7 Å². The van der Waals surface area contributed by atoms with Crippen LogP contribution in [0.1, 0.15) is 28.5 Å². The first-order chi connectivity index (χ1) is 13.2. The Hall–Kier alpha value is -3.30. The minimum absolute atomic E-state index is 0.0354. The first-order valence-electron chi connectivity index (χ1n) is 8.14. The third kappa shape index (κ3) is 3.71. The zero-order valence-electron chi connectivity index (χ0n) is 14.8. The van der Waals surface area contributed by atoms with Crippen LogP contribution in [0.4, 0.5) is 17.6 Å². The molecule has 0 saturated heterocycles. The molecule has 10 heteroatoms. The SMILES string of the molecule is CCOC(=O)c1cnn(-c2cccc(-c3cc(C)cnc3F)n2)c1C(F)(F)F. The second-order valence-corrected chi connectivity index (χ2v) is 5.77. The monoisotopic (exact) mass is 394 g/mol. The molecular weight excluding hydrogens is 380 g/mol. The Morgan fingerprint density at radius 3 is 2.68 bits per heavy atom. The fraction of sp³-hybridized carbons (Fsp3) is 0.222. The van der Waals surface area contributed by atoms with Gasteiger partial charge in [0, 0.05) is 6.20 Å². The van der Waals surface area contributed by atoms with Crippen molar-refractivity contribution in [3.63, 3.8) is 0 Å². The summed E-state index contributed by atoms with van der Waals surface area (Å²) in [5, 5.41) is 3.65. The van der Waals surface area contributed by atoms with Crippen LogP contribution in [0.5, 0.6) is 0 Å². The zero-order valence-corrected chi connectivity index (χ0v) is 14.8. The molecule has 0 aliphatic rings. The molecule has 0 spiro atoms. The van der Waals surface area contributed by atoms with Gasteiger partial charge in [-0.1, -0.05) is 6.07 Å². The number of aromatic nitrogens is 4. The van der Waals surface area contributed by atoms with Crippen LogP contribution in [0, 0.1) is 12.9 Å². The van der Waals surface area contributed by atoms with Gasteiger partial charge in [0.25, 0.3) is 0 Å². The van der Waals surface area contributed by atoms with Crippen LogP contribution in [0.3, 0.4) is 0 Å². The van der Waals surface area contributed by atoms with Gasteiger partial charge in [0.2, 0.25) is 5.95 Å². The molecule has 0 aromatic carbocycles. The lowest BCUT2D eigenvalue weighted by atomic mass is 10.1. The van der Waals surface area contributed by atoms with E-state index in [1.807, 2.05) is 0 Å². The molecule has 0 saturated carbocycles. The van der Waals surface area contributed by atoms with E-state index in [1.54, 1.807) is 6.92 Å². The number of pyridine rings is 2. The normalized spacial score (nSPS) is 11.5. The Balaban J connectivity index is 2.15. The summed E-state index contributed by atoms with van der Waals surface area (Å²) in [6.45, 7) is 3.08. The lowest BCUT2D eigenvalue weighted by Gasteiger charge is -2.12. The van der Waals surface area contributed by atoms with Gasteiger partial charge in [-0.05, 0) is 37.6 Å². The zero-order chi connectivity index (χ0) is 20.5. The Bertz CT molecular complexity index is 1030. The predicted octanol–water partition coefficient (Wildman–Crippen LogP) is 3.97. The van der Waals surface area contributed by atoms with Crippen molar-refractivity contribution in [2.75, 3.05) is 6.61 Å². The molecule has 0 atom stereocenters. The van der Waals surface area contributed by atoms with Gasteiger partial charge in [-0.2, -0.15) is 22.7 Å². The number of esters is 1. The van der Waals surface area contributed by atoms with Crippen molar-refractivity contribution in [3.8, 4) is 17.1 Å². The molecule has 6 nitrogen and oxygen atoms in total. The maximum absolute atomic E-state index is 14.0. The van der Waals surface area contributed by atoms with Crippen LogP contribution >= 0.6 is 0 Å². The number of rotatable bonds is 4. The van der Waals surface area contributed by atoms with Crippen LogP contribution in [0.25, 0.3) is 17.1 Å². The fourth-order valence-electron chi connectivity index (χ4n) is 2.58. The molecule has 0 aliphatic carbocycles. The molecule has 3 heterocycles. The number of halogens is 4. The Labute approximate surface area is 156 Å². The van der Waals surface area contributed by atoms with E-state index in [0.717, 1.165) is 6.20 Å². The summed E-state index contributed by atoms with van der Waals surface area (Å²) in [5.74, 6) is -2.19. The summed E-state index contributed by atoms with van der Waals surface area (Å²) in [6.07, 6.45) is -2.81. The molecule has 28 heavy (non-hydrogen) atoms. The van der Waals surface area contributed by atoms with Gasteiger partial charge < -0.3 is 4.74 Å². The van der Waals surface area contributed by atoms with Crippen molar-refractivity contribution >= 4 is 5.97 Å². The Morgan fingerprint density at radius 2 is 2.00 bits per heavy atom. The van der Waals surface area contributed by atoms with Crippen molar-refractivity contribution in [1.29, 1.82) is 0 Å². The van der Waals surface area contributed by atoms with Crippen molar-refractivity contribution in [2.45, 2.75) is 20.0 Å². The van der Waals surface area contributed by atoms with E-state index < -0.39 is 29.4 Å². The third-order valence-electron chi connectivity index (χ3n) is 3.74. The first kappa shape index (κ1) is 19.5. The number of carbonyl (C=O) groups excluding carboxylic acids is 1. The quantitative estimate of drug-likeness (QED) is 0.380. The highest BCUT2D eigenvalue weighted by atomic mass is 19.4. The highest BCUT2D eigenvalue weighted by Crippen LogP contribution is 2.34. The van der Waals surface area contributed by atoms with Crippen molar-refractivity contribution in [3.05, 3.63) is 59.4 Å². The minimum atomic E-state index is -4.90. The number of ether oxygens (including phenoxy) is 1. The molecule has 0 bridgehead atoms. The Morgan fingerprint density at radius 1 is 1.25 bits per heavy atom. The maximum Gasteiger partial charge on any atom is 0.434 e. The number of aryl methyl sites for hydroxylation is 1. The fourth-order valence-corrected chi connectivity index (χ4v) is 2.58. The van der Waals surface area contributed by atoms with E-state index in [0.29, 0.717) is 10.2 Å². The minimum Gasteiger partial charge on any atom is -0.462 e. The van der Waals surface area contributed by atoms with Gasteiger partial charge in [-0.25, -0.2) is 19.4 Å². The molecule has 0 fully saturated rings. The average molecular weight is 394 g/mol. The van der Waals surface area contributed by atoms with E-state index in [-0.39, 0.29) is 23.7 Å². The van der Waals surface area contributed by atoms with Gasteiger partial charge in [0.1, 0.15) is 5.56 Å². The third-order valence-corrected chi connectivity index (χ3v) is 3.74. The van der Waals surface area contributed by atoms with Crippen molar-refractivity contribution < 1.29 is 27.1 Å². The molecule has 3 aromatic rings. The number of nitrogens with zero attached hydrogens (tertiary/aromatic N) is 4. The van der Waals surface area contributed by atoms with Crippen LogP contribution in [-0.2, 0) is 10.9 Å². The largest absolute Gasteiger partial charge is 0.462 e. The van der Waals surface area contributed by atoms with Gasteiger partial charge in [0.05, 0.1) is 24.1 Å². The van der Waals surface area contributed by atoms with E-state index in [4.69, 9.17) is 0 Å². The Kier molecular flexibility index (Phi) is 5.12. The molecule has 3 rings (SSSR count). The molecule has 0 N–H and O–H groups in total. The summed E-state index contributed by atoms with van der Waals surface area (Å²) in [7, 11) is 0. The van der Waals surface area contributed by atoms with Gasteiger partial charge in [-0.3, -0.25) is 0 Å². The van der Waals surface area contributed by atoms with Crippen LogP contribution in [0.2, 0.25) is 0 Å². The lowest BCUT2D eigenvalue weighted by molar-refractivity contribution is -0.143. The van der Waals surface area contributed by atoms with Gasteiger partial charge in [-0.15, -0.1) is 0 Å². The van der Waals surface area contributed by atoms with E-state index in [1.165, 1.54) is 37.4 Å². The molecule has 0 amide bonds. The average Bonchev–Trinajstić information content (AvgIpc) is 3.10. The topological polar surface area (TPSA) is 69.9 Å². The van der Waals surface area contributed by atoms with E-state index in [2.05, 4.69) is 19.8 Å². The molecule has 0 aliphatic heterocycles. The highest BCUT2D eigenvalue weighted by molar-refractivity contribution is 5.90. The molecular formula is C18H14F4N4O2. The molecule has 0 unspecified atom stereocenters. The van der Waals surface area contributed by atoms with Crippen molar-refractivity contribution in [1.82, 2.24) is 19.7 Å². The first-order valence-corrected chi connectivity index (χ1v) is 8.14. The summed E-state index contributed by atoms with van der Waals surface area (Å²) in [5.41, 5.74) is -1.28. The maximum atomic E-state index is 14.0. The lowest BCUT2D eigenvalue weighted by Crippen LogP contribution is -2.19. The van der Waals surface area contributed by atoms with Crippen LogP contribution in [-0.4, -0.2) is 32.3 Å². The van der Waals surface area contributed by atoms with Crippen molar-refractivity contribution in [2.24, 2.45) is 0 Å². The summed E-state index contributed by atoms with van der Waals surface area (Å²) in [6, 6.07) is 5.59. The summed E-state index contributed by atoms with van der Waals surface area (Å²) in [4.78, 5) is 19.5. The predicted molar refractivity (Wildman–Crippen MR) is 90.2 cm³/mol. The summed E-state index contributed by atoms with van der Waals surface area (Å²) < 4.78 is 60.0. The number of hydrogen-bond acceptors (Lipinski definition) is 5. The second-order valence-electron chi connectivity index (χ2n) is 5.77. The smallest absolute Gasteiger partial charge is 0.434 e. The molecule has 3 aromatic heterocycles. The molecule has 146 valence electrons. The van der Waals surface area contributed by atoms with Gasteiger partial charge >= 0.3 is 12.1 Å². The van der Waals surface area contributed by atoms with Gasteiger partial charge in [0.15, 0.2) is 11.5 Å². The number of alkyl halides is 3. The summed E-state index contributed by atoms with van der Waals surface area (Å²) >= 11 is 0.